The van der Waals surface area contributed by atoms with Gasteiger partial charge in [0.2, 0.25) is 0 Å². The van der Waals surface area contributed by atoms with Crippen LogP contribution in [0.5, 0.6) is 0 Å². The third-order valence-corrected chi connectivity index (χ3v) is 5.33. The SMILES string of the molecule is Cc1csc(Sc2ccc([N+](=O)[O-])cc2C(=O)OCC(=O)NC(=O)NC(C)C)n1. The molecule has 29 heavy (non-hydrogen) atoms. The Bertz CT molecular complexity index is 944. The first-order valence-corrected chi connectivity index (χ1v) is 10.0. The maximum atomic E-state index is 12.4. The number of imide groups is 1. The lowest BCUT2D eigenvalue weighted by Crippen LogP contribution is -2.44. The number of carbonyl (C=O) groups excluding carboxylic acids is 3. The highest BCUT2D eigenvalue weighted by molar-refractivity contribution is 8.01. The molecule has 0 bridgehead atoms. The number of hydrogen-bond donors (Lipinski definition) is 2. The number of nitro groups is 1. The number of aryl methyl sites for hydroxylation is 1. The van der Waals surface area contributed by atoms with Gasteiger partial charge in [-0.05, 0) is 26.8 Å². The van der Waals surface area contributed by atoms with E-state index in [1.165, 1.54) is 23.5 Å². The van der Waals surface area contributed by atoms with Gasteiger partial charge in [0.15, 0.2) is 10.9 Å². The molecule has 0 aliphatic rings. The Balaban J connectivity index is 2.12. The number of urea groups is 1. The Kier molecular flexibility index (Phi) is 7.67. The zero-order valence-electron chi connectivity index (χ0n) is 15.8. The topological polar surface area (TPSA) is 141 Å². The molecule has 0 saturated heterocycles. The minimum atomic E-state index is -0.927. The van der Waals surface area contributed by atoms with Gasteiger partial charge in [0.1, 0.15) is 0 Å². The lowest BCUT2D eigenvalue weighted by atomic mass is 10.2. The molecule has 2 N–H and O–H groups in total. The zero-order valence-corrected chi connectivity index (χ0v) is 17.4. The second-order valence-corrected chi connectivity index (χ2v) is 8.19. The first-order chi connectivity index (χ1) is 13.7. The number of esters is 1. The quantitative estimate of drug-likeness (QED) is 0.382. The van der Waals surface area contributed by atoms with Crippen molar-refractivity contribution in [2.75, 3.05) is 6.61 Å². The monoisotopic (exact) mass is 438 g/mol. The van der Waals surface area contributed by atoms with Crippen molar-refractivity contribution >= 4 is 46.7 Å². The van der Waals surface area contributed by atoms with Crippen LogP contribution in [0.15, 0.2) is 32.8 Å². The average Bonchev–Trinajstić information content (AvgIpc) is 3.03. The van der Waals surface area contributed by atoms with E-state index in [9.17, 15) is 24.5 Å². The van der Waals surface area contributed by atoms with Crippen LogP contribution in [-0.4, -0.2) is 40.5 Å². The van der Waals surface area contributed by atoms with Gasteiger partial charge in [-0.1, -0.05) is 11.8 Å². The van der Waals surface area contributed by atoms with E-state index in [1.807, 2.05) is 17.6 Å². The number of amides is 3. The molecule has 0 radical (unpaired) electrons. The van der Waals surface area contributed by atoms with Crippen molar-refractivity contribution in [3.05, 3.63) is 45.0 Å². The lowest BCUT2D eigenvalue weighted by molar-refractivity contribution is -0.384. The van der Waals surface area contributed by atoms with Gasteiger partial charge in [0.25, 0.3) is 11.6 Å². The number of thiazole rings is 1. The van der Waals surface area contributed by atoms with E-state index in [0.717, 1.165) is 23.5 Å². The zero-order chi connectivity index (χ0) is 21.6. The second kappa shape index (κ2) is 9.98. The fourth-order valence-electron chi connectivity index (χ4n) is 2.02. The van der Waals surface area contributed by atoms with E-state index in [1.54, 1.807) is 13.8 Å². The highest BCUT2D eigenvalue weighted by Gasteiger charge is 2.21. The predicted octanol–water partition coefficient (Wildman–Crippen LogP) is 2.90. The molecule has 154 valence electrons. The molecule has 0 saturated carbocycles. The average molecular weight is 438 g/mol. The van der Waals surface area contributed by atoms with Crippen LogP contribution >= 0.6 is 23.1 Å². The highest BCUT2D eigenvalue weighted by atomic mass is 32.2. The van der Waals surface area contributed by atoms with Crippen molar-refractivity contribution in [2.24, 2.45) is 0 Å². The van der Waals surface area contributed by atoms with E-state index in [-0.39, 0.29) is 17.3 Å². The van der Waals surface area contributed by atoms with Crippen LogP contribution in [0.2, 0.25) is 0 Å². The van der Waals surface area contributed by atoms with Crippen molar-refractivity contribution in [1.29, 1.82) is 0 Å². The smallest absolute Gasteiger partial charge is 0.340 e. The summed E-state index contributed by atoms with van der Waals surface area (Å²) in [5.41, 5.74) is 0.439. The van der Waals surface area contributed by atoms with Crippen LogP contribution in [0.4, 0.5) is 10.5 Å². The molecule has 0 spiro atoms. The maximum Gasteiger partial charge on any atom is 0.340 e. The first-order valence-electron chi connectivity index (χ1n) is 8.31. The number of benzene rings is 1. The molecule has 0 atom stereocenters. The summed E-state index contributed by atoms with van der Waals surface area (Å²) in [4.78, 5) is 50.8. The van der Waals surface area contributed by atoms with Crippen molar-refractivity contribution in [2.45, 2.75) is 36.0 Å². The molecule has 0 aliphatic carbocycles. The standard InChI is InChI=1S/C17H18N4O6S2/c1-9(2)18-16(24)20-14(22)7-27-15(23)12-6-11(21(25)26)4-5-13(12)29-17-19-10(3)8-28-17/h4-6,8-9H,7H2,1-3H3,(H2,18,20,22,24). The van der Waals surface area contributed by atoms with Crippen LogP contribution < -0.4 is 10.6 Å². The molecular formula is C17H18N4O6S2. The molecule has 3 amide bonds. The fraction of sp³-hybridized carbons (Fsp3) is 0.294. The number of hydrogen-bond acceptors (Lipinski definition) is 9. The Labute approximate surface area is 174 Å². The van der Waals surface area contributed by atoms with Crippen molar-refractivity contribution in [3.8, 4) is 0 Å². The van der Waals surface area contributed by atoms with Crippen LogP contribution in [0.3, 0.4) is 0 Å². The molecule has 10 nitrogen and oxygen atoms in total. The number of aromatic nitrogens is 1. The summed E-state index contributed by atoms with van der Waals surface area (Å²) in [6.07, 6.45) is 0. The molecule has 2 aromatic rings. The minimum Gasteiger partial charge on any atom is -0.452 e. The molecule has 2 rings (SSSR count). The number of nitro benzene ring substituents is 1. The maximum absolute atomic E-state index is 12.4. The van der Waals surface area contributed by atoms with E-state index >= 15 is 0 Å². The van der Waals surface area contributed by atoms with Crippen LogP contribution in [-0.2, 0) is 9.53 Å². The van der Waals surface area contributed by atoms with E-state index < -0.39 is 29.4 Å². The Morgan fingerprint density at radius 2 is 2.07 bits per heavy atom. The third-order valence-electron chi connectivity index (χ3n) is 3.20. The number of nitrogens with one attached hydrogen (secondary N) is 2. The Hall–Kier alpha value is -2.99. The lowest BCUT2D eigenvalue weighted by Gasteiger charge is -2.10. The molecule has 1 aromatic carbocycles. The molecule has 0 unspecified atom stereocenters. The number of non-ortho nitro benzene ring substituents is 1. The van der Waals surface area contributed by atoms with Crippen molar-refractivity contribution < 1.29 is 24.0 Å². The third kappa shape index (κ3) is 6.84. The predicted molar refractivity (Wildman–Crippen MR) is 106 cm³/mol. The molecule has 0 aliphatic heterocycles. The van der Waals surface area contributed by atoms with Gasteiger partial charge >= 0.3 is 12.0 Å². The molecule has 1 heterocycles. The Morgan fingerprint density at radius 1 is 1.34 bits per heavy atom. The number of nitrogens with zero attached hydrogens (tertiary/aromatic N) is 2. The summed E-state index contributed by atoms with van der Waals surface area (Å²) in [6.45, 7) is 4.54. The Morgan fingerprint density at radius 3 is 2.66 bits per heavy atom. The number of rotatable bonds is 7. The summed E-state index contributed by atoms with van der Waals surface area (Å²) < 4.78 is 5.58. The summed E-state index contributed by atoms with van der Waals surface area (Å²) in [5, 5.41) is 17.4. The van der Waals surface area contributed by atoms with Gasteiger partial charge in [0, 0.05) is 34.1 Å². The van der Waals surface area contributed by atoms with Gasteiger partial charge in [-0.15, -0.1) is 11.3 Å². The molecular weight excluding hydrogens is 420 g/mol. The van der Waals surface area contributed by atoms with Crippen LogP contribution in [0.25, 0.3) is 0 Å². The van der Waals surface area contributed by atoms with E-state index in [0.29, 0.717) is 9.24 Å². The largest absolute Gasteiger partial charge is 0.452 e. The summed E-state index contributed by atoms with van der Waals surface area (Å²) in [5.74, 6) is -1.75. The van der Waals surface area contributed by atoms with Crippen molar-refractivity contribution in [3.63, 3.8) is 0 Å². The van der Waals surface area contributed by atoms with Crippen LogP contribution in [0.1, 0.15) is 29.9 Å². The first kappa shape index (κ1) is 22.3. The highest BCUT2D eigenvalue weighted by Crippen LogP contribution is 2.34. The summed E-state index contributed by atoms with van der Waals surface area (Å²) >= 11 is 2.52. The molecule has 0 fully saturated rings. The van der Waals surface area contributed by atoms with Gasteiger partial charge in [0.05, 0.1) is 10.5 Å². The van der Waals surface area contributed by atoms with Gasteiger partial charge in [-0.2, -0.15) is 0 Å². The molecule has 1 aromatic heterocycles. The second-order valence-electron chi connectivity index (χ2n) is 6.05. The molecule has 12 heteroatoms. The van der Waals surface area contributed by atoms with E-state index in [4.69, 9.17) is 4.74 Å². The summed E-state index contributed by atoms with van der Waals surface area (Å²) in [6, 6.07) is 2.87. The summed E-state index contributed by atoms with van der Waals surface area (Å²) in [7, 11) is 0. The normalized spacial score (nSPS) is 10.5. The van der Waals surface area contributed by atoms with Gasteiger partial charge in [-0.3, -0.25) is 20.2 Å². The van der Waals surface area contributed by atoms with Gasteiger partial charge in [-0.25, -0.2) is 14.6 Å². The fourth-order valence-corrected chi connectivity index (χ4v) is 3.92. The number of ether oxygens (including phenoxy) is 1. The van der Waals surface area contributed by atoms with Gasteiger partial charge < -0.3 is 10.1 Å². The number of carbonyl (C=O) groups is 3. The van der Waals surface area contributed by atoms with Crippen LogP contribution in [0, 0.1) is 17.0 Å². The van der Waals surface area contributed by atoms with E-state index in [2.05, 4.69) is 10.3 Å². The minimum absolute atomic E-state index is 0.0727. The van der Waals surface area contributed by atoms with Crippen molar-refractivity contribution in [1.82, 2.24) is 15.6 Å².